The third-order valence-electron chi connectivity index (χ3n) is 4.39. The van der Waals surface area contributed by atoms with Crippen molar-refractivity contribution in [1.82, 2.24) is 9.97 Å². The van der Waals surface area contributed by atoms with E-state index < -0.39 is 0 Å². The van der Waals surface area contributed by atoms with Crippen LogP contribution in [0.4, 0.5) is 11.4 Å². The van der Waals surface area contributed by atoms with Crippen molar-refractivity contribution in [3.05, 3.63) is 82.2 Å². The van der Waals surface area contributed by atoms with Gasteiger partial charge < -0.3 is 4.90 Å². The highest BCUT2D eigenvalue weighted by Crippen LogP contribution is 2.26. The number of benzene rings is 2. The molecule has 0 atom stereocenters. The van der Waals surface area contributed by atoms with Crippen LogP contribution >= 0.6 is 0 Å². The van der Waals surface area contributed by atoms with Crippen LogP contribution in [0.3, 0.4) is 0 Å². The SMILES string of the molecule is O=[N+]([O-])c1ccc(N2CCc3nc(-c4ccccc4)ncc3C2)cc1. The van der Waals surface area contributed by atoms with Crippen molar-refractivity contribution in [3.63, 3.8) is 0 Å². The van der Waals surface area contributed by atoms with Gasteiger partial charge >= 0.3 is 0 Å². The van der Waals surface area contributed by atoms with Crippen molar-refractivity contribution in [2.45, 2.75) is 13.0 Å². The molecule has 1 aliphatic rings. The van der Waals surface area contributed by atoms with Gasteiger partial charge in [0.15, 0.2) is 5.82 Å². The lowest BCUT2D eigenvalue weighted by atomic mass is 10.1. The van der Waals surface area contributed by atoms with Gasteiger partial charge in [0.05, 0.1) is 10.6 Å². The van der Waals surface area contributed by atoms with Gasteiger partial charge in [0, 0.05) is 54.7 Å². The normalized spacial score (nSPS) is 13.4. The van der Waals surface area contributed by atoms with Crippen LogP contribution in [0.15, 0.2) is 60.8 Å². The molecule has 0 saturated carbocycles. The quantitative estimate of drug-likeness (QED) is 0.541. The molecule has 6 nitrogen and oxygen atoms in total. The van der Waals surface area contributed by atoms with Crippen molar-refractivity contribution in [1.29, 1.82) is 0 Å². The molecule has 0 radical (unpaired) electrons. The first-order valence-electron chi connectivity index (χ1n) is 8.10. The largest absolute Gasteiger partial charge is 0.367 e. The van der Waals surface area contributed by atoms with E-state index in [1.807, 2.05) is 36.5 Å². The monoisotopic (exact) mass is 332 g/mol. The summed E-state index contributed by atoms with van der Waals surface area (Å²) in [5.41, 5.74) is 4.28. The fourth-order valence-electron chi connectivity index (χ4n) is 3.05. The molecular weight excluding hydrogens is 316 g/mol. The molecule has 0 N–H and O–H groups in total. The van der Waals surface area contributed by atoms with Crippen LogP contribution in [0.2, 0.25) is 0 Å². The highest BCUT2D eigenvalue weighted by molar-refractivity contribution is 5.56. The Labute approximate surface area is 144 Å². The Balaban J connectivity index is 1.56. The summed E-state index contributed by atoms with van der Waals surface area (Å²) < 4.78 is 0. The van der Waals surface area contributed by atoms with Crippen molar-refractivity contribution in [2.75, 3.05) is 11.4 Å². The van der Waals surface area contributed by atoms with Gasteiger partial charge in [-0.1, -0.05) is 30.3 Å². The van der Waals surface area contributed by atoms with E-state index in [1.54, 1.807) is 24.3 Å². The Kier molecular flexibility index (Phi) is 3.85. The van der Waals surface area contributed by atoms with Gasteiger partial charge in [-0.15, -0.1) is 0 Å². The molecule has 1 aliphatic heterocycles. The minimum Gasteiger partial charge on any atom is -0.367 e. The Morgan fingerprint density at radius 1 is 1.04 bits per heavy atom. The first kappa shape index (κ1) is 15.3. The standard InChI is InChI=1S/C19H16N4O2/c24-23(25)17-8-6-16(7-9-17)22-11-10-18-15(13-22)12-20-19(21-18)14-4-2-1-3-5-14/h1-9,12H,10-11,13H2. The van der Waals surface area contributed by atoms with Crippen molar-refractivity contribution >= 4 is 11.4 Å². The van der Waals surface area contributed by atoms with Crippen LogP contribution in [0, 0.1) is 10.1 Å². The van der Waals surface area contributed by atoms with Crippen LogP contribution in [0.25, 0.3) is 11.4 Å². The molecule has 1 aromatic heterocycles. The zero-order valence-electron chi connectivity index (χ0n) is 13.5. The molecule has 6 heteroatoms. The van der Waals surface area contributed by atoms with E-state index in [2.05, 4.69) is 9.88 Å². The maximum Gasteiger partial charge on any atom is 0.269 e. The average Bonchev–Trinajstić information content (AvgIpc) is 2.68. The summed E-state index contributed by atoms with van der Waals surface area (Å²) >= 11 is 0. The van der Waals surface area contributed by atoms with Gasteiger partial charge in [-0.25, -0.2) is 9.97 Å². The van der Waals surface area contributed by atoms with Crippen LogP contribution < -0.4 is 4.90 Å². The number of aromatic nitrogens is 2. The molecule has 0 unspecified atom stereocenters. The van der Waals surface area contributed by atoms with E-state index in [1.165, 1.54) is 0 Å². The highest BCUT2D eigenvalue weighted by atomic mass is 16.6. The molecule has 2 heterocycles. The van der Waals surface area contributed by atoms with Crippen molar-refractivity contribution < 1.29 is 4.92 Å². The summed E-state index contributed by atoms with van der Waals surface area (Å²) in [4.78, 5) is 21.8. The summed E-state index contributed by atoms with van der Waals surface area (Å²) in [7, 11) is 0. The summed E-state index contributed by atoms with van der Waals surface area (Å²) in [6.07, 6.45) is 2.72. The first-order valence-corrected chi connectivity index (χ1v) is 8.10. The van der Waals surface area contributed by atoms with E-state index in [0.29, 0.717) is 6.54 Å². The third kappa shape index (κ3) is 3.06. The summed E-state index contributed by atoms with van der Waals surface area (Å²) in [6, 6.07) is 16.6. The topological polar surface area (TPSA) is 72.2 Å². The molecule has 3 aromatic rings. The minimum atomic E-state index is -0.381. The van der Waals surface area contributed by atoms with Crippen LogP contribution in [0.1, 0.15) is 11.3 Å². The predicted octanol–water partition coefficient (Wildman–Crippen LogP) is 3.61. The molecule has 0 saturated heterocycles. The molecule has 2 aromatic carbocycles. The van der Waals surface area contributed by atoms with Crippen LogP contribution in [0.5, 0.6) is 0 Å². The Bertz CT molecular complexity index is 910. The third-order valence-corrected chi connectivity index (χ3v) is 4.39. The lowest BCUT2D eigenvalue weighted by Gasteiger charge is -2.30. The fourth-order valence-corrected chi connectivity index (χ4v) is 3.05. The Morgan fingerprint density at radius 3 is 2.52 bits per heavy atom. The summed E-state index contributed by atoms with van der Waals surface area (Å²) in [5, 5.41) is 10.8. The maximum absolute atomic E-state index is 10.8. The summed E-state index contributed by atoms with van der Waals surface area (Å²) in [5.74, 6) is 0.753. The number of fused-ring (bicyclic) bond motifs is 1. The highest BCUT2D eigenvalue weighted by Gasteiger charge is 2.19. The van der Waals surface area contributed by atoms with Crippen LogP contribution in [-0.2, 0) is 13.0 Å². The Hall–Kier alpha value is -3.28. The van der Waals surface area contributed by atoms with Gasteiger partial charge in [-0.2, -0.15) is 0 Å². The molecule has 0 spiro atoms. The lowest BCUT2D eigenvalue weighted by Crippen LogP contribution is -2.31. The molecule has 0 bridgehead atoms. The van der Waals surface area contributed by atoms with E-state index >= 15 is 0 Å². The number of nitro benzene ring substituents is 1. The number of rotatable bonds is 3. The molecule has 124 valence electrons. The van der Waals surface area contributed by atoms with Gasteiger partial charge in [0.25, 0.3) is 5.69 Å². The number of anilines is 1. The van der Waals surface area contributed by atoms with Gasteiger partial charge in [-0.05, 0) is 12.1 Å². The summed E-state index contributed by atoms with van der Waals surface area (Å²) in [6.45, 7) is 1.54. The number of non-ortho nitro benzene ring substituents is 1. The van der Waals surface area contributed by atoms with Crippen molar-refractivity contribution in [3.8, 4) is 11.4 Å². The molecule has 0 aliphatic carbocycles. The van der Waals surface area contributed by atoms with Crippen molar-refractivity contribution in [2.24, 2.45) is 0 Å². The van der Waals surface area contributed by atoms with Gasteiger partial charge in [0.1, 0.15) is 0 Å². The first-order chi connectivity index (χ1) is 12.2. The van der Waals surface area contributed by atoms with Gasteiger partial charge in [-0.3, -0.25) is 10.1 Å². The predicted molar refractivity (Wildman–Crippen MR) is 95.3 cm³/mol. The van der Waals surface area contributed by atoms with Crippen LogP contribution in [-0.4, -0.2) is 21.4 Å². The second-order valence-electron chi connectivity index (χ2n) is 5.98. The zero-order chi connectivity index (χ0) is 17.2. The average molecular weight is 332 g/mol. The molecule has 0 amide bonds. The lowest BCUT2D eigenvalue weighted by molar-refractivity contribution is -0.384. The van der Waals surface area contributed by atoms with E-state index in [-0.39, 0.29) is 10.6 Å². The second-order valence-corrected chi connectivity index (χ2v) is 5.98. The molecule has 0 fully saturated rings. The zero-order valence-corrected chi connectivity index (χ0v) is 13.5. The maximum atomic E-state index is 10.8. The number of nitro groups is 1. The number of nitrogens with zero attached hydrogens (tertiary/aromatic N) is 4. The molecule has 25 heavy (non-hydrogen) atoms. The van der Waals surface area contributed by atoms with E-state index in [4.69, 9.17) is 4.98 Å². The van der Waals surface area contributed by atoms with E-state index in [9.17, 15) is 10.1 Å². The second kappa shape index (κ2) is 6.32. The minimum absolute atomic E-state index is 0.108. The Morgan fingerprint density at radius 2 is 1.80 bits per heavy atom. The molecule has 4 rings (SSSR count). The number of hydrogen-bond donors (Lipinski definition) is 0. The van der Waals surface area contributed by atoms with E-state index in [0.717, 1.165) is 41.3 Å². The smallest absolute Gasteiger partial charge is 0.269 e. The molecular formula is C19H16N4O2. The fraction of sp³-hybridized carbons (Fsp3) is 0.158. The van der Waals surface area contributed by atoms with Gasteiger partial charge in [0.2, 0.25) is 0 Å². The number of hydrogen-bond acceptors (Lipinski definition) is 5.